The van der Waals surface area contributed by atoms with Crippen LogP contribution in [0.4, 0.5) is 5.82 Å². The fourth-order valence-corrected chi connectivity index (χ4v) is 5.33. The van der Waals surface area contributed by atoms with E-state index in [1.807, 2.05) is 52.7 Å². The van der Waals surface area contributed by atoms with Crippen molar-refractivity contribution in [1.82, 2.24) is 14.9 Å². The van der Waals surface area contributed by atoms with E-state index in [1.165, 1.54) is 22.5 Å². The summed E-state index contributed by atoms with van der Waals surface area (Å²) >= 11 is 1.49. The van der Waals surface area contributed by atoms with Gasteiger partial charge in [0.05, 0.1) is 17.2 Å². The molecular formula is C29H30N4O2S. The van der Waals surface area contributed by atoms with Crippen LogP contribution in [0.1, 0.15) is 32.1 Å². The number of carbonyl (C=O) groups excluding carboxylic acids is 1. The van der Waals surface area contributed by atoms with Crippen molar-refractivity contribution < 1.29 is 9.53 Å². The van der Waals surface area contributed by atoms with E-state index >= 15 is 0 Å². The zero-order chi connectivity index (χ0) is 24.9. The van der Waals surface area contributed by atoms with Gasteiger partial charge in [-0.3, -0.25) is 4.79 Å². The zero-order valence-corrected chi connectivity index (χ0v) is 21.5. The quantitative estimate of drug-likeness (QED) is 0.350. The van der Waals surface area contributed by atoms with Gasteiger partial charge < -0.3 is 14.5 Å². The van der Waals surface area contributed by atoms with Gasteiger partial charge in [-0.05, 0) is 23.9 Å². The van der Waals surface area contributed by atoms with Crippen molar-refractivity contribution in [3.8, 4) is 11.4 Å². The van der Waals surface area contributed by atoms with E-state index < -0.39 is 0 Å². The molecular weight excluding hydrogens is 468 g/mol. The Morgan fingerprint density at radius 2 is 1.78 bits per heavy atom. The minimum Gasteiger partial charge on any atom is -0.378 e. The molecule has 0 bridgehead atoms. The summed E-state index contributed by atoms with van der Waals surface area (Å²) in [5.74, 6) is 1.74. The van der Waals surface area contributed by atoms with Crippen molar-refractivity contribution in [2.24, 2.45) is 0 Å². The molecule has 2 aromatic carbocycles. The summed E-state index contributed by atoms with van der Waals surface area (Å²) in [5, 5.41) is 1.95. The number of methoxy groups -OCH3 is 1. The van der Waals surface area contributed by atoms with Crippen LogP contribution in [-0.4, -0.2) is 54.1 Å². The average molecular weight is 499 g/mol. The van der Waals surface area contributed by atoms with Gasteiger partial charge >= 0.3 is 0 Å². The van der Waals surface area contributed by atoms with Crippen LogP contribution in [0, 0.1) is 6.92 Å². The highest BCUT2D eigenvalue weighted by Crippen LogP contribution is 2.29. The van der Waals surface area contributed by atoms with Gasteiger partial charge in [-0.2, -0.15) is 0 Å². The molecule has 1 aliphatic heterocycles. The van der Waals surface area contributed by atoms with Gasteiger partial charge in [0.2, 0.25) is 0 Å². The predicted octanol–water partition coefficient (Wildman–Crippen LogP) is 5.21. The minimum absolute atomic E-state index is 0.109. The molecule has 6 nitrogen and oxygen atoms in total. The van der Waals surface area contributed by atoms with E-state index in [0.29, 0.717) is 25.5 Å². The first kappa shape index (κ1) is 24.2. The van der Waals surface area contributed by atoms with Crippen LogP contribution in [0.15, 0.2) is 72.1 Å². The SMILES string of the molecule is COCc1nc(-c2ccccc2)nc(N2CCN(C(=O)c3cccs3)CC2)c1Cc1cccc(C)c1. The molecule has 36 heavy (non-hydrogen) atoms. The van der Waals surface area contributed by atoms with Gasteiger partial charge in [0.25, 0.3) is 5.91 Å². The van der Waals surface area contributed by atoms with Gasteiger partial charge in [-0.15, -0.1) is 11.3 Å². The summed E-state index contributed by atoms with van der Waals surface area (Å²) in [7, 11) is 1.70. The number of aromatic nitrogens is 2. The number of hydrogen-bond acceptors (Lipinski definition) is 6. The molecule has 7 heteroatoms. The number of nitrogens with zero attached hydrogens (tertiary/aromatic N) is 4. The molecule has 0 saturated carbocycles. The first-order chi connectivity index (χ1) is 17.6. The fourth-order valence-electron chi connectivity index (χ4n) is 4.64. The highest BCUT2D eigenvalue weighted by molar-refractivity contribution is 7.12. The Balaban J connectivity index is 1.51. The third-order valence-electron chi connectivity index (χ3n) is 6.45. The van der Waals surface area contributed by atoms with E-state index in [1.54, 1.807) is 7.11 Å². The van der Waals surface area contributed by atoms with Crippen molar-refractivity contribution in [1.29, 1.82) is 0 Å². The lowest BCUT2D eigenvalue weighted by Crippen LogP contribution is -2.49. The molecule has 2 aromatic heterocycles. The highest BCUT2D eigenvalue weighted by atomic mass is 32.1. The summed E-state index contributed by atoms with van der Waals surface area (Å²) < 4.78 is 5.59. The summed E-state index contributed by atoms with van der Waals surface area (Å²) in [6, 6.07) is 22.5. The summed E-state index contributed by atoms with van der Waals surface area (Å²) in [5.41, 5.74) is 5.41. The normalized spacial score (nSPS) is 13.7. The molecule has 1 aliphatic rings. The van der Waals surface area contributed by atoms with Crippen molar-refractivity contribution in [2.45, 2.75) is 20.0 Å². The molecule has 3 heterocycles. The van der Waals surface area contributed by atoms with E-state index in [2.05, 4.69) is 36.1 Å². The largest absolute Gasteiger partial charge is 0.378 e. The maximum absolute atomic E-state index is 12.9. The second-order valence-electron chi connectivity index (χ2n) is 9.02. The third kappa shape index (κ3) is 5.32. The standard InChI is InChI=1S/C29H30N4O2S/c1-21-8-6-9-22(18-21)19-24-25(20-35-2)30-27(23-10-4-3-5-11-23)31-28(24)32-13-15-33(16-14-32)29(34)26-12-7-17-36-26/h3-12,17-18H,13-16,19-20H2,1-2H3. The van der Waals surface area contributed by atoms with Gasteiger partial charge in [0.1, 0.15) is 5.82 Å². The Kier molecular flexibility index (Phi) is 7.39. The van der Waals surface area contributed by atoms with Crippen molar-refractivity contribution >= 4 is 23.1 Å². The molecule has 0 N–H and O–H groups in total. The Morgan fingerprint density at radius 1 is 0.972 bits per heavy atom. The number of rotatable bonds is 7. The van der Waals surface area contributed by atoms with Gasteiger partial charge in [0, 0.05) is 50.8 Å². The van der Waals surface area contributed by atoms with Crippen LogP contribution in [0.5, 0.6) is 0 Å². The summed E-state index contributed by atoms with van der Waals surface area (Å²) in [4.78, 5) is 28.0. The Hall–Kier alpha value is -3.55. The lowest BCUT2D eigenvalue weighted by Gasteiger charge is -2.36. The number of piperazine rings is 1. The molecule has 0 unspecified atom stereocenters. The van der Waals surface area contributed by atoms with E-state index in [-0.39, 0.29) is 5.91 Å². The lowest BCUT2D eigenvalue weighted by molar-refractivity contribution is 0.0751. The molecule has 5 rings (SSSR count). The van der Waals surface area contributed by atoms with E-state index in [4.69, 9.17) is 14.7 Å². The average Bonchev–Trinajstić information content (AvgIpc) is 3.45. The fraction of sp³-hybridized carbons (Fsp3) is 0.276. The lowest BCUT2D eigenvalue weighted by atomic mass is 10.0. The van der Waals surface area contributed by atoms with Crippen molar-refractivity contribution in [3.63, 3.8) is 0 Å². The number of anilines is 1. The number of benzene rings is 2. The van der Waals surface area contributed by atoms with Crippen molar-refractivity contribution in [3.05, 3.63) is 99.4 Å². The number of carbonyl (C=O) groups is 1. The van der Waals surface area contributed by atoms with Crippen LogP contribution in [0.25, 0.3) is 11.4 Å². The number of hydrogen-bond donors (Lipinski definition) is 0. The van der Waals surface area contributed by atoms with Crippen LogP contribution in [0.2, 0.25) is 0 Å². The molecule has 0 aliphatic carbocycles. The molecule has 4 aromatic rings. The first-order valence-electron chi connectivity index (χ1n) is 12.2. The molecule has 184 valence electrons. The topological polar surface area (TPSA) is 58.6 Å². The molecule has 0 spiro atoms. The van der Waals surface area contributed by atoms with E-state index in [0.717, 1.165) is 47.0 Å². The smallest absolute Gasteiger partial charge is 0.264 e. The molecule has 1 amide bonds. The second kappa shape index (κ2) is 11.0. The maximum Gasteiger partial charge on any atom is 0.264 e. The van der Waals surface area contributed by atoms with Gasteiger partial charge in [-0.1, -0.05) is 66.2 Å². The minimum atomic E-state index is 0.109. The Labute approximate surface area is 216 Å². The van der Waals surface area contributed by atoms with Crippen LogP contribution in [-0.2, 0) is 17.8 Å². The maximum atomic E-state index is 12.9. The van der Waals surface area contributed by atoms with Crippen LogP contribution < -0.4 is 4.90 Å². The number of ether oxygens (including phenoxy) is 1. The first-order valence-corrected chi connectivity index (χ1v) is 13.1. The Bertz CT molecular complexity index is 1320. The van der Waals surface area contributed by atoms with Gasteiger partial charge in [-0.25, -0.2) is 9.97 Å². The number of thiophene rings is 1. The van der Waals surface area contributed by atoms with E-state index in [9.17, 15) is 4.79 Å². The third-order valence-corrected chi connectivity index (χ3v) is 7.30. The van der Waals surface area contributed by atoms with Crippen LogP contribution >= 0.6 is 11.3 Å². The van der Waals surface area contributed by atoms with Crippen LogP contribution in [0.3, 0.4) is 0 Å². The predicted molar refractivity (Wildman–Crippen MR) is 145 cm³/mol. The molecule has 0 atom stereocenters. The molecule has 0 radical (unpaired) electrons. The monoisotopic (exact) mass is 498 g/mol. The highest BCUT2D eigenvalue weighted by Gasteiger charge is 2.27. The summed E-state index contributed by atoms with van der Waals surface area (Å²) in [6.45, 7) is 5.27. The number of amides is 1. The Morgan fingerprint density at radius 3 is 2.47 bits per heavy atom. The summed E-state index contributed by atoms with van der Waals surface area (Å²) in [6.07, 6.45) is 0.721. The molecule has 1 fully saturated rings. The van der Waals surface area contributed by atoms with Gasteiger partial charge in [0.15, 0.2) is 5.82 Å². The number of aryl methyl sites for hydroxylation is 1. The van der Waals surface area contributed by atoms with Crippen molar-refractivity contribution in [2.75, 3.05) is 38.2 Å². The zero-order valence-electron chi connectivity index (χ0n) is 20.7. The molecule has 1 saturated heterocycles. The second-order valence-corrected chi connectivity index (χ2v) is 9.97.